The van der Waals surface area contributed by atoms with E-state index in [9.17, 15) is 0 Å². The summed E-state index contributed by atoms with van der Waals surface area (Å²) >= 11 is 1.72. The first-order valence-corrected chi connectivity index (χ1v) is 11.9. The monoisotopic (exact) mass is 431 g/mol. The highest BCUT2D eigenvalue weighted by Crippen LogP contribution is 2.43. The molecule has 1 aliphatic heterocycles. The van der Waals surface area contributed by atoms with Crippen molar-refractivity contribution in [3.63, 3.8) is 0 Å². The zero-order chi connectivity index (χ0) is 20.6. The molecule has 3 aromatic heterocycles. The highest BCUT2D eigenvalue weighted by molar-refractivity contribution is 7.26. The van der Waals surface area contributed by atoms with Crippen molar-refractivity contribution in [3.8, 4) is 11.3 Å². The molecule has 0 spiro atoms. The molecule has 0 unspecified atom stereocenters. The van der Waals surface area contributed by atoms with Gasteiger partial charge in [0.2, 0.25) is 0 Å². The van der Waals surface area contributed by atoms with E-state index in [1.54, 1.807) is 17.7 Å². The van der Waals surface area contributed by atoms with Gasteiger partial charge < -0.3 is 10.1 Å². The Morgan fingerprint density at radius 3 is 2.74 bits per heavy atom. The number of fused-ring (bicyclic) bond motifs is 5. The predicted octanol–water partition coefficient (Wildman–Crippen LogP) is 4.14. The molecular weight excluding hydrogens is 406 g/mol. The van der Waals surface area contributed by atoms with E-state index in [1.165, 1.54) is 28.5 Å². The Bertz CT molecular complexity index is 1230. The lowest BCUT2D eigenvalue weighted by Gasteiger charge is -2.26. The Kier molecular flexibility index (Phi) is 5.02. The Balaban J connectivity index is 1.39. The number of thiophene rings is 1. The molecule has 6 nitrogen and oxygen atoms in total. The fourth-order valence-corrected chi connectivity index (χ4v) is 5.94. The van der Waals surface area contributed by atoms with Crippen LogP contribution in [-0.4, -0.2) is 59.2 Å². The minimum atomic E-state index is 0.828. The van der Waals surface area contributed by atoms with Gasteiger partial charge in [0.1, 0.15) is 17.0 Å². The number of anilines is 1. The van der Waals surface area contributed by atoms with E-state index in [0.717, 1.165) is 78.8 Å². The minimum absolute atomic E-state index is 0.828. The van der Waals surface area contributed by atoms with E-state index >= 15 is 0 Å². The zero-order valence-corrected chi connectivity index (χ0v) is 18.2. The summed E-state index contributed by atoms with van der Waals surface area (Å²) in [5.74, 6) is 0.925. The van der Waals surface area contributed by atoms with Crippen molar-refractivity contribution in [2.24, 2.45) is 0 Å². The van der Waals surface area contributed by atoms with Gasteiger partial charge in [-0.25, -0.2) is 15.0 Å². The second-order valence-corrected chi connectivity index (χ2v) is 9.20. The molecule has 0 amide bonds. The number of nitrogens with one attached hydrogen (secondary N) is 1. The van der Waals surface area contributed by atoms with Crippen LogP contribution in [0.15, 0.2) is 36.7 Å². The maximum absolute atomic E-state index is 5.45. The molecule has 0 radical (unpaired) electrons. The molecule has 0 bridgehead atoms. The van der Waals surface area contributed by atoms with E-state index in [-0.39, 0.29) is 0 Å². The van der Waals surface area contributed by atoms with Gasteiger partial charge in [-0.1, -0.05) is 30.3 Å². The second kappa shape index (κ2) is 8.15. The molecule has 4 aromatic rings. The maximum atomic E-state index is 5.45. The van der Waals surface area contributed by atoms with Gasteiger partial charge in [-0.2, -0.15) is 0 Å². The summed E-state index contributed by atoms with van der Waals surface area (Å²) in [6.07, 6.45) is 5.07. The molecule has 7 heteroatoms. The average molecular weight is 432 g/mol. The standard InChI is InChI=1S/C24H25N5OS/c1-2-5-16(6-3-1)20-18-8-4-7-17(18)19-21-22(31-24(19)28-20)23(27-15-26-21)25-9-10-29-11-13-30-14-12-29/h1-3,5-6,15H,4,7-14H2,(H,25,26,27). The van der Waals surface area contributed by atoms with Crippen LogP contribution in [0.25, 0.3) is 31.7 Å². The highest BCUT2D eigenvalue weighted by atomic mass is 32.1. The number of pyridine rings is 1. The topological polar surface area (TPSA) is 63.2 Å². The fourth-order valence-electron chi connectivity index (χ4n) is 4.82. The largest absolute Gasteiger partial charge is 0.379 e. The number of benzene rings is 1. The van der Waals surface area contributed by atoms with Crippen LogP contribution >= 0.6 is 11.3 Å². The lowest BCUT2D eigenvalue weighted by Crippen LogP contribution is -2.39. The van der Waals surface area contributed by atoms with Gasteiger partial charge in [-0.3, -0.25) is 4.90 Å². The predicted molar refractivity (Wildman–Crippen MR) is 126 cm³/mol. The van der Waals surface area contributed by atoms with E-state index in [2.05, 4.69) is 45.5 Å². The third-order valence-electron chi connectivity index (χ3n) is 6.34. The molecular formula is C24H25N5OS. The number of morpholine rings is 1. The van der Waals surface area contributed by atoms with Crippen LogP contribution < -0.4 is 5.32 Å². The molecule has 31 heavy (non-hydrogen) atoms. The lowest BCUT2D eigenvalue weighted by molar-refractivity contribution is 0.0398. The van der Waals surface area contributed by atoms with Crippen molar-refractivity contribution in [1.29, 1.82) is 0 Å². The summed E-state index contributed by atoms with van der Waals surface area (Å²) in [6, 6.07) is 10.6. The molecule has 1 saturated heterocycles. The lowest BCUT2D eigenvalue weighted by atomic mass is 10.0. The van der Waals surface area contributed by atoms with E-state index in [4.69, 9.17) is 14.7 Å². The van der Waals surface area contributed by atoms with E-state index in [1.807, 2.05) is 0 Å². The molecule has 1 N–H and O–H groups in total. The Morgan fingerprint density at radius 1 is 1.03 bits per heavy atom. The van der Waals surface area contributed by atoms with Crippen molar-refractivity contribution >= 4 is 37.6 Å². The van der Waals surface area contributed by atoms with Crippen molar-refractivity contribution in [1.82, 2.24) is 19.9 Å². The van der Waals surface area contributed by atoms with E-state index in [0.29, 0.717) is 0 Å². The smallest absolute Gasteiger partial charge is 0.147 e. The third kappa shape index (κ3) is 3.46. The van der Waals surface area contributed by atoms with Crippen LogP contribution in [0, 0.1) is 0 Å². The number of rotatable bonds is 5. The average Bonchev–Trinajstić information content (AvgIpc) is 3.45. The first-order chi connectivity index (χ1) is 15.4. The maximum Gasteiger partial charge on any atom is 0.147 e. The quantitative estimate of drug-likeness (QED) is 0.512. The number of ether oxygens (including phenoxy) is 1. The van der Waals surface area contributed by atoms with Crippen LogP contribution in [-0.2, 0) is 17.6 Å². The fraction of sp³-hybridized carbons (Fsp3) is 0.375. The molecule has 0 saturated carbocycles. The molecule has 158 valence electrons. The highest BCUT2D eigenvalue weighted by Gasteiger charge is 2.25. The third-order valence-corrected chi connectivity index (χ3v) is 7.42. The van der Waals surface area contributed by atoms with Crippen LogP contribution in [0.1, 0.15) is 17.5 Å². The van der Waals surface area contributed by atoms with Gasteiger partial charge in [0.05, 0.1) is 29.1 Å². The molecule has 6 rings (SSSR count). The van der Waals surface area contributed by atoms with Crippen LogP contribution in [0.2, 0.25) is 0 Å². The molecule has 1 aliphatic carbocycles. The summed E-state index contributed by atoms with van der Waals surface area (Å²) in [7, 11) is 0. The Labute approximate surface area is 185 Å². The van der Waals surface area contributed by atoms with Crippen molar-refractivity contribution in [3.05, 3.63) is 47.8 Å². The number of aryl methyl sites for hydroxylation is 1. The number of hydrogen-bond acceptors (Lipinski definition) is 7. The summed E-state index contributed by atoms with van der Waals surface area (Å²) < 4.78 is 6.56. The second-order valence-electron chi connectivity index (χ2n) is 8.20. The van der Waals surface area contributed by atoms with Gasteiger partial charge in [0.25, 0.3) is 0 Å². The van der Waals surface area contributed by atoms with Crippen LogP contribution in [0.3, 0.4) is 0 Å². The van der Waals surface area contributed by atoms with Gasteiger partial charge in [0.15, 0.2) is 0 Å². The van der Waals surface area contributed by atoms with Gasteiger partial charge in [-0.15, -0.1) is 11.3 Å². The van der Waals surface area contributed by atoms with Crippen molar-refractivity contribution < 1.29 is 4.74 Å². The van der Waals surface area contributed by atoms with Crippen LogP contribution in [0.5, 0.6) is 0 Å². The molecule has 1 aromatic carbocycles. The first-order valence-electron chi connectivity index (χ1n) is 11.1. The Morgan fingerprint density at radius 2 is 1.87 bits per heavy atom. The van der Waals surface area contributed by atoms with Gasteiger partial charge in [0, 0.05) is 37.1 Å². The van der Waals surface area contributed by atoms with E-state index < -0.39 is 0 Å². The summed E-state index contributed by atoms with van der Waals surface area (Å²) in [5, 5.41) is 4.80. The summed E-state index contributed by atoms with van der Waals surface area (Å²) in [5.41, 5.74) is 6.23. The normalized spacial score (nSPS) is 16.8. The SMILES string of the molecule is c1ccc(-c2nc3sc4c(NCCN5CCOCC5)ncnc4c3c3c2CCC3)cc1. The van der Waals surface area contributed by atoms with Gasteiger partial charge in [-0.05, 0) is 30.4 Å². The first kappa shape index (κ1) is 19.1. The van der Waals surface area contributed by atoms with Crippen molar-refractivity contribution in [2.75, 3.05) is 44.7 Å². The Hall–Kier alpha value is -2.61. The van der Waals surface area contributed by atoms with Crippen LogP contribution in [0.4, 0.5) is 5.82 Å². The minimum Gasteiger partial charge on any atom is -0.379 e. The molecule has 0 atom stereocenters. The van der Waals surface area contributed by atoms with Gasteiger partial charge >= 0.3 is 0 Å². The number of hydrogen-bond donors (Lipinski definition) is 1. The molecule has 2 aliphatic rings. The number of aromatic nitrogens is 3. The summed E-state index contributed by atoms with van der Waals surface area (Å²) in [4.78, 5) is 17.9. The summed E-state index contributed by atoms with van der Waals surface area (Å²) in [6.45, 7) is 5.51. The number of nitrogens with zero attached hydrogens (tertiary/aromatic N) is 4. The van der Waals surface area contributed by atoms with Crippen molar-refractivity contribution in [2.45, 2.75) is 19.3 Å². The molecule has 1 fully saturated rings. The zero-order valence-electron chi connectivity index (χ0n) is 17.4. The molecule has 4 heterocycles.